The van der Waals surface area contributed by atoms with Crippen LogP contribution in [-0.4, -0.2) is 49.8 Å². The Morgan fingerprint density at radius 1 is 1.32 bits per heavy atom. The Bertz CT molecular complexity index is 487. The Hall–Kier alpha value is -2.12. The van der Waals surface area contributed by atoms with Crippen molar-refractivity contribution in [2.45, 2.75) is 19.4 Å². The number of aliphatic carboxylic acids is 1. The van der Waals surface area contributed by atoms with Crippen LogP contribution in [0.3, 0.4) is 0 Å². The van der Waals surface area contributed by atoms with E-state index >= 15 is 0 Å². The molecule has 1 rings (SSSR count). The lowest BCUT2D eigenvalue weighted by Gasteiger charge is -2.09. The molecule has 0 aliphatic rings. The summed E-state index contributed by atoms with van der Waals surface area (Å²) in [5.41, 5.74) is 7.03. The van der Waals surface area contributed by atoms with E-state index in [2.05, 4.69) is 5.16 Å². The van der Waals surface area contributed by atoms with Gasteiger partial charge in [0.15, 0.2) is 0 Å². The van der Waals surface area contributed by atoms with E-state index in [0.29, 0.717) is 31.3 Å². The molecule has 1 atom stereocenters. The van der Waals surface area contributed by atoms with E-state index in [9.17, 15) is 4.79 Å². The molecular weight excluding hydrogens is 288 g/mol. The molecule has 0 saturated carbocycles. The van der Waals surface area contributed by atoms with Crippen LogP contribution < -0.4 is 10.5 Å². The lowest BCUT2D eigenvalue weighted by Crippen LogP contribution is -2.32. The summed E-state index contributed by atoms with van der Waals surface area (Å²) in [4.78, 5) is 15.7. The third kappa shape index (κ3) is 7.05. The fourth-order valence-corrected chi connectivity index (χ4v) is 1.55. The third-order valence-electron chi connectivity index (χ3n) is 2.74. The number of ether oxygens (including phenoxy) is 2. The third-order valence-corrected chi connectivity index (χ3v) is 2.74. The molecule has 1 aromatic rings. The number of nitrogens with zero attached hydrogens (tertiary/aromatic N) is 1. The molecule has 1 unspecified atom stereocenters. The van der Waals surface area contributed by atoms with Crippen LogP contribution in [0.25, 0.3) is 0 Å². The molecule has 22 heavy (non-hydrogen) atoms. The van der Waals surface area contributed by atoms with Crippen LogP contribution in [0.4, 0.5) is 0 Å². The molecule has 0 aliphatic carbocycles. The second-order valence-electron chi connectivity index (χ2n) is 4.73. The molecule has 0 aromatic heterocycles. The van der Waals surface area contributed by atoms with Crippen LogP contribution in [0.15, 0.2) is 29.4 Å². The van der Waals surface area contributed by atoms with E-state index in [-0.39, 0.29) is 6.42 Å². The number of carboxylic acids is 1. The Balaban J connectivity index is 2.39. The molecule has 0 heterocycles. The van der Waals surface area contributed by atoms with E-state index in [1.807, 2.05) is 0 Å². The number of rotatable bonds is 10. The first-order chi connectivity index (χ1) is 10.5. The summed E-state index contributed by atoms with van der Waals surface area (Å²) in [6.45, 7) is 2.98. The van der Waals surface area contributed by atoms with Crippen molar-refractivity contribution in [3.05, 3.63) is 29.8 Å². The normalized spacial score (nSPS) is 12.8. The van der Waals surface area contributed by atoms with Crippen LogP contribution >= 0.6 is 0 Å². The number of carbonyl (C=O) groups is 1. The second-order valence-corrected chi connectivity index (χ2v) is 4.73. The van der Waals surface area contributed by atoms with Crippen molar-refractivity contribution in [2.75, 3.05) is 26.9 Å². The first-order valence-corrected chi connectivity index (χ1v) is 6.87. The molecule has 122 valence electrons. The minimum absolute atomic E-state index is 0.281. The highest BCUT2D eigenvalue weighted by atomic mass is 16.6. The smallest absolute Gasteiger partial charge is 0.320 e. The van der Waals surface area contributed by atoms with Gasteiger partial charge in [0.05, 0.1) is 12.3 Å². The first-order valence-electron chi connectivity index (χ1n) is 6.87. The lowest BCUT2D eigenvalue weighted by atomic mass is 10.1. The van der Waals surface area contributed by atoms with E-state index in [0.717, 1.165) is 5.56 Å². The van der Waals surface area contributed by atoms with Gasteiger partial charge in [-0.05, 0) is 31.0 Å². The molecule has 0 bridgehead atoms. The molecule has 0 amide bonds. The Morgan fingerprint density at radius 2 is 2.00 bits per heavy atom. The number of carboxylic acid groups (broad SMARTS) is 1. The number of methoxy groups -OCH3 is 1. The van der Waals surface area contributed by atoms with Crippen molar-refractivity contribution in [1.29, 1.82) is 0 Å². The van der Waals surface area contributed by atoms with Crippen molar-refractivity contribution in [1.82, 2.24) is 0 Å². The van der Waals surface area contributed by atoms with Gasteiger partial charge in [-0.25, -0.2) is 0 Å². The minimum atomic E-state index is -1.01. The number of nitrogens with two attached hydrogens (primary N) is 1. The highest BCUT2D eigenvalue weighted by molar-refractivity contribution is 5.82. The zero-order chi connectivity index (χ0) is 16.4. The Kier molecular flexibility index (Phi) is 7.95. The number of benzene rings is 1. The van der Waals surface area contributed by atoms with Crippen LogP contribution in [0, 0.1) is 0 Å². The van der Waals surface area contributed by atoms with Gasteiger partial charge in [-0.3, -0.25) is 4.79 Å². The van der Waals surface area contributed by atoms with Crippen LogP contribution in [0.5, 0.6) is 5.75 Å². The summed E-state index contributed by atoms with van der Waals surface area (Å²) in [5, 5.41) is 12.6. The van der Waals surface area contributed by atoms with Crippen molar-refractivity contribution in [3.63, 3.8) is 0 Å². The summed E-state index contributed by atoms with van der Waals surface area (Å²) in [7, 11) is 1.59. The monoisotopic (exact) mass is 310 g/mol. The maximum atomic E-state index is 10.7. The lowest BCUT2D eigenvalue weighted by molar-refractivity contribution is -0.138. The van der Waals surface area contributed by atoms with E-state index < -0.39 is 12.0 Å². The number of hydrogen-bond acceptors (Lipinski definition) is 6. The van der Waals surface area contributed by atoms with Gasteiger partial charge < -0.3 is 25.2 Å². The molecule has 7 heteroatoms. The molecule has 7 nitrogen and oxygen atoms in total. The molecule has 0 aliphatic heterocycles. The maximum Gasteiger partial charge on any atom is 0.320 e. The van der Waals surface area contributed by atoms with Crippen molar-refractivity contribution in [3.8, 4) is 5.75 Å². The standard InChI is InChI=1S/C15H22N2O5/c1-11(17-22-8-7-20-2)10-21-13-5-3-12(4-6-13)9-14(16)15(18)19/h3-6,14H,7-10,16H2,1-2H3,(H,18,19)/b17-11-. The van der Waals surface area contributed by atoms with Gasteiger partial charge in [0.25, 0.3) is 0 Å². The molecule has 1 aromatic carbocycles. The number of hydrogen-bond donors (Lipinski definition) is 2. The van der Waals surface area contributed by atoms with Crippen LogP contribution in [0.1, 0.15) is 12.5 Å². The summed E-state index contributed by atoms with van der Waals surface area (Å²) < 4.78 is 10.4. The van der Waals surface area contributed by atoms with E-state index in [1.54, 1.807) is 38.3 Å². The van der Waals surface area contributed by atoms with Gasteiger partial charge >= 0.3 is 5.97 Å². The molecule has 0 spiro atoms. The second kappa shape index (κ2) is 9.75. The molecule has 3 N–H and O–H groups in total. The van der Waals surface area contributed by atoms with Gasteiger partial charge in [-0.15, -0.1) is 0 Å². The van der Waals surface area contributed by atoms with E-state index in [1.165, 1.54) is 0 Å². The highest BCUT2D eigenvalue weighted by Gasteiger charge is 2.11. The average molecular weight is 310 g/mol. The van der Waals surface area contributed by atoms with Crippen molar-refractivity contribution >= 4 is 11.7 Å². The van der Waals surface area contributed by atoms with Crippen molar-refractivity contribution in [2.24, 2.45) is 10.9 Å². The Morgan fingerprint density at radius 3 is 2.59 bits per heavy atom. The van der Waals surface area contributed by atoms with Gasteiger partial charge in [0.1, 0.15) is 25.0 Å². The summed E-state index contributed by atoms with van der Waals surface area (Å²) in [6.07, 6.45) is 0.281. The molecular formula is C15H22N2O5. The fraction of sp³-hybridized carbons (Fsp3) is 0.467. The maximum absolute atomic E-state index is 10.7. The number of oxime groups is 1. The van der Waals surface area contributed by atoms with Crippen LogP contribution in [-0.2, 0) is 20.8 Å². The zero-order valence-electron chi connectivity index (χ0n) is 12.8. The average Bonchev–Trinajstić information content (AvgIpc) is 2.50. The summed E-state index contributed by atoms with van der Waals surface area (Å²) >= 11 is 0. The fourth-order valence-electron chi connectivity index (χ4n) is 1.55. The van der Waals surface area contributed by atoms with Gasteiger partial charge in [0.2, 0.25) is 0 Å². The first kappa shape index (κ1) is 17.9. The van der Waals surface area contributed by atoms with Gasteiger partial charge in [-0.1, -0.05) is 17.3 Å². The van der Waals surface area contributed by atoms with Crippen LogP contribution in [0.2, 0.25) is 0 Å². The molecule has 0 fully saturated rings. The quantitative estimate of drug-likeness (QED) is 0.380. The largest absolute Gasteiger partial charge is 0.488 e. The topological polar surface area (TPSA) is 103 Å². The summed E-state index contributed by atoms with van der Waals surface area (Å²) in [5.74, 6) is -0.347. The predicted octanol–water partition coefficient (Wildman–Crippen LogP) is 1.06. The van der Waals surface area contributed by atoms with Crippen molar-refractivity contribution < 1.29 is 24.2 Å². The minimum Gasteiger partial charge on any atom is -0.488 e. The predicted molar refractivity (Wildman–Crippen MR) is 82.2 cm³/mol. The highest BCUT2D eigenvalue weighted by Crippen LogP contribution is 2.13. The zero-order valence-corrected chi connectivity index (χ0v) is 12.8. The van der Waals surface area contributed by atoms with Gasteiger partial charge in [0, 0.05) is 7.11 Å². The van der Waals surface area contributed by atoms with E-state index in [4.69, 9.17) is 25.2 Å². The molecule has 0 radical (unpaired) electrons. The molecule has 0 saturated heterocycles. The summed E-state index contributed by atoms with van der Waals surface area (Å²) in [6, 6.07) is 6.22. The van der Waals surface area contributed by atoms with Gasteiger partial charge in [-0.2, -0.15) is 0 Å². The SMILES string of the molecule is COCCO/N=C(/C)COc1ccc(CC(N)C(=O)O)cc1. The Labute approximate surface area is 129 Å².